The molecule has 0 spiro atoms. The monoisotopic (exact) mass is 287 g/mol. The number of aromatic hydroxyl groups is 1. The molecule has 0 bridgehead atoms. The van der Waals surface area contributed by atoms with E-state index < -0.39 is 0 Å². The Bertz CT molecular complexity index is 652. The lowest BCUT2D eigenvalue weighted by atomic mass is 10.1. The van der Waals surface area contributed by atoms with Crippen molar-refractivity contribution in [3.8, 4) is 17.2 Å². The van der Waals surface area contributed by atoms with Gasteiger partial charge in [0, 0.05) is 11.6 Å². The van der Waals surface area contributed by atoms with E-state index in [9.17, 15) is 5.11 Å². The summed E-state index contributed by atoms with van der Waals surface area (Å²) in [5.41, 5.74) is 1.96. The zero-order chi connectivity index (χ0) is 15.2. The van der Waals surface area contributed by atoms with E-state index in [0.717, 1.165) is 5.56 Å². The highest BCUT2D eigenvalue weighted by Crippen LogP contribution is 2.26. The van der Waals surface area contributed by atoms with Gasteiger partial charge in [-0.3, -0.25) is 0 Å². The molecule has 0 amide bonds. The summed E-state index contributed by atoms with van der Waals surface area (Å²) in [6.45, 7) is 1.97. The van der Waals surface area contributed by atoms with Crippen molar-refractivity contribution in [1.29, 1.82) is 0 Å². The molecule has 0 heterocycles. The molecule has 0 radical (unpaired) electrons. The second-order valence-corrected chi connectivity index (χ2v) is 4.51. The average Bonchev–Trinajstić information content (AvgIpc) is 2.52. The van der Waals surface area contributed by atoms with E-state index in [1.807, 2.05) is 6.07 Å². The number of ether oxygens (including phenoxy) is 2. The third-order valence-corrected chi connectivity index (χ3v) is 3.03. The Kier molecular flexibility index (Phi) is 4.66. The largest absolute Gasteiger partial charge is 0.508 e. The Labute approximate surface area is 123 Å². The van der Waals surface area contributed by atoms with Gasteiger partial charge in [-0.15, -0.1) is 0 Å². The molecule has 21 heavy (non-hydrogen) atoms. The van der Waals surface area contributed by atoms with Gasteiger partial charge in [-0.25, -0.2) is 0 Å². The fraction of sp³-hybridized carbons (Fsp3) is 0.188. The zero-order valence-electron chi connectivity index (χ0n) is 11.9. The summed E-state index contributed by atoms with van der Waals surface area (Å²) in [7, 11) is 1.57. The Morgan fingerprint density at radius 3 is 2.67 bits per heavy atom. The molecular weight excluding hydrogens is 270 g/mol. The molecular formula is C16H17NO4. The molecule has 2 N–H and O–H groups in total. The third kappa shape index (κ3) is 3.66. The Morgan fingerprint density at radius 2 is 2.00 bits per heavy atom. The van der Waals surface area contributed by atoms with Crippen molar-refractivity contribution in [3.63, 3.8) is 0 Å². The van der Waals surface area contributed by atoms with Crippen LogP contribution >= 0.6 is 0 Å². The van der Waals surface area contributed by atoms with Crippen LogP contribution in [0.5, 0.6) is 17.2 Å². The molecule has 110 valence electrons. The van der Waals surface area contributed by atoms with E-state index in [-0.39, 0.29) is 12.4 Å². The van der Waals surface area contributed by atoms with Crippen LogP contribution < -0.4 is 9.47 Å². The molecule has 5 nitrogen and oxygen atoms in total. The molecule has 0 unspecified atom stereocenters. The van der Waals surface area contributed by atoms with E-state index in [1.165, 1.54) is 0 Å². The molecule has 0 atom stereocenters. The molecule has 0 saturated heterocycles. The van der Waals surface area contributed by atoms with Crippen LogP contribution in [0.3, 0.4) is 0 Å². The lowest BCUT2D eigenvalue weighted by Crippen LogP contribution is -2.03. The smallest absolute Gasteiger partial charge is 0.132 e. The number of methoxy groups -OCH3 is 1. The predicted octanol–water partition coefficient (Wildman–Crippen LogP) is 3.18. The van der Waals surface area contributed by atoms with Gasteiger partial charge in [-0.2, -0.15) is 0 Å². The number of hydrogen-bond donors (Lipinski definition) is 2. The molecule has 0 aliphatic carbocycles. The van der Waals surface area contributed by atoms with Gasteiger partial charge in [-0.05, 0) is 36.8 Å². The van der Waals surface area contributed by atoms with Crippen LogP contribution in [0.4, 0.5) is 0 Å². The number of oxime groups is 1. The molecule has 5 heteroatoms. The van der Waals surface area contributed by atoms with E-state index in [4.69, 9.17) is 14.7 Å². The minimum absolute atomic E-state index is 0.190. The maximum Gasteiger partial charge on any atom is 0.132 e. The normalized spacial score (nSPS) is 11.2. The summed E-state index contributed by atoms with van der Waals surface area (Å²) in [5, 5.41) is 21.6. The second kappa shape index (κ2) is 6.65. The lowest BCUT2D eigenvalue weighted by molar-refractivity contribution is 0.300. The first kappa shape index (κ1) is 14.7. The summed E-state index contributed by atoms with van der Waals surface area (Å²) >= 11 is 0. The Hall–Kier alpha value is -2.69. The number of nitrogens with zero attached hydrogens (tertiary/aromatic N) is 1. The highest BCUT2D eigenvalue weighted by atomic mass is 16.5. The summed E-state index contributed by atoms with van der Waals surface area (Å²) in [4.78, 5) is 0. The number of phenolic OH excluding ortho intramolecular Hbond substituents is 1. The van der Waals surface area contributed by atoms with Crippen LogP contribution in [-0.2, 0) is 6.61 Å². The van der Waals surface area contributed by atoms with Gasteiger partial charge in [0.1, 0.15) is 23.9 Å². The maximum absolute atomic E-state index is 9.45. The van der Waals surface area contributed by atoms with Gasteiger partial charge in [0.05, 0.1) is 12.8 Å². The van der Waals surface area contributed by atoms with Crippen LogP contribution in [0.25, 0.3) is 0 Å². The van der Waals surface area contributed by atoms with Gasteiger partial charge in [-0.1, -0.05) is 17.3 Å². The highest BCUT2D eigenvalue weighted by Gasteiger charge is 2.10. The van der Waals surface area contributed by atoms with Crippen molar-refractivity contribution in [3.05, 3.63) is 53.6 Å². The van der Waals surface area contributed by atoms with Gasteiger partial charge < -0.3 is 19.8 Å². The first-order valence-electron chi connectivity index (χ1n) is 6.42. The molecule has 2 aromatic rings. The SMILES string of the molecule is COc1ccc(/C(C)=N/O)c(OCc2cccc(O)c2)c1. The van der Waals surface area contributed by atoms with Gasteiger partial charge >= 0.3 is 0 Å². The fourth-order valence-electron chi connectivity index (χ4n) is 1.91. The van der Waals surface area contributed by atoms with Crippen LogP contribution in [0.2, 0.25) is 0 Å². The fourth-order valence-corrected chi connectivity index (χ4v) is 1.91. The van der Waals surface area contributed by atoms with Crippen molar-refractivity contribution in [2.24, 2.45) is 5.16 Å². The number of hydrogen-bond acceptors (Lipinski definition) is 5. The minimum atomic E-state index is 0.190. The maximum atomic E-state index is 9.45. The summed E-state index contributed by atoms with van der Waals surface area (Å²) in [6, 6.07) is 12.1. The Morgan fingerprint density at radius 1 is 1.19 bits per heavy atom. The van der Waals surface area contributed by atoms with Crippen LogP contribution in [0.1, 0.15) is 18.1 Å². The van der Waals surface area contributed by atoms with Crippen LogP contribution in [0.15, 0.2) is 47.6 Å². The van der Waals surface area contributed by atoms with Gasteiger partial charge in [0.15, 0.2) is 0 Å². The summed E-state index contributed by atoms with van der Waals surface area (Å²) in [5.74, 6) is 1.39. The molecule has 0 fully saturated rings. The first-order chi connectivity index (χ1) is 10.1. The highest BCUT2D eigenvalue weighted by molar-refractivity contribution is 6.00. The molecule has 0 saturated carbocycles. The lowest BCUT2D eigenvalue weighted by Gasteiger charge is -2.12. The molecule has 0 aliphatic heterocycles. The number of phenols is 1. The van der Waals surface area contributed by atoms with Crippen molar-refractivity contribution in [1.82, 2.24) is 0 Å². The van der Waals surface area contributed by atoms with Crippen molar-refractivity contribution < 1.29 is 19.8 Å². The Balaban J connectivity index is 2.25. The summed E-state index contributed by atoms with van der Waals surface area (Å²) < 4.78 is 10.9. The number of benzene rings is 2. The number of rotatable bonds is 5. The first-order valence-corrected chi connectivity index (χ1v) is 6.42. The van der Waals surface area contributed by atoms with Gasteiger partial charge in [0.2, 0.25) is 0 Å². The van der Waals surface area contributed by atoms with Crippen molar-refractivity contribution in [2.75, 3.05) is 7.11 Å². The molecule has 0 aromatic heterocycles. The van der Waals surface area contributed by atoms with E-state index in [2.05, 4.69) is 5.16 Å². The van der Waals surface area contributed by atoms with Crippen LogP contribution in [-0.4, -0.2) is 23.1 Å². The van der Waals surface area contributed by atoms with Crippen molar-refractivity contribution in [2.45, 2.75) is 13.5 Å². The van der Waals surface area contributed by atoms with E-state index >= 15 is 0 Å². The van der Waals surface area contributed by atoms with E-state index in [0.29, 0.717) is 22.8 Å². The standard InChI is InChI=1S/C16H17NO4/c1-11(17-19)15-7-6-14(20-2)9-16(15)21-10-12-4-3-5-13(18)8-12/h3-9,18-19H,10H2,1-2H3/b17-11+. The minimum Gasteiger partial charge on any atom is -0.508 e. The summed E-state index contributed by atoms with van der Waals surface area (Å²) in [6.07, 6.45) is 0. The topological polar surface area (TPSA) is 71.3 Å². The molecule has 2 rings (SSSR count). The van der Waals surface area contributed by atoms with Gasteiger partial charge in [0.25, 0.3) is 0 Å². The van der Waals surface area contributed by atoms with Crippen molar-refractivity contribution >= 4 is 5.71 Å². The predicted molar refractivity (Wildman–Crippen MR) is 79.4 cm³/mol. The quantitative estimate of drug-likeness (QED) is 0.503. The second-order valence-electron chi connectivity index (χ2n) is 4.51. The average molecular weight is 287 g/mol. The van der Waals surface area contributed by atoms with E-state index in [1.54, 1.807) is 50.4 Å². The zero-order valence-corrected chi connectivity index (χ0v) is 11.9. The molecule has 0 aliphatic rings. The third-order valence-electron chi connectivity index (χ3n) is 3.03. The van der Waals surface area contributed by atoms with Crippen LogP contribution in [0, 0.1) is 0 Å². The molecule has 2 aromatic carbocycles.